The predicted molar refractivity (Wildman–Crippen MR) is 58.5 cm³/mol. The predicted octanol–water partition coefficient (Wildman–Crippen LogP) is 3.04. The van der Waals surface area contributed by atoms with E-state index < -0.39 is 0 Å². The van der Waals surface area contributed by atoms with Gasteiger partial charge >= 0.3 is 0 Å². The monoisotopic (exact) mass is 210 g/mol. The molecule has 1 nitrogen and oxygen atoms in total. The van der Waals surface area contributed by atoms with Crippen LogP contribution in [-0.4, -0.2) is 11.2 Å². The van der Waals surface area contributed by atoms with E-state index in [-0.39, 0.29) is 6.10 Å². The minimum atomic E-state index is -0.0920. The van der Waals surface area contributed by atoms with Gasteiger partial charge in [-0.05, 0) is 42.9 Å². The van der Waals surface area contributed by atoms with Crippen molar-refractivity contribution < 1.29 is 5.11 Å². The second kappa shape index (κ2) is 4.33. The lowest BCUT2D eigenvalue weighted by molar-refractivity contribution is 0.132. The van der Waals surface area contributed by atoms with Crippen LogP contribution in [-0.2, 0) is 6.42 Å². The number of hydrogen-bond donors (Lipinski definition) is 1. The number of aliphatic hydroxyl groups is 1. The molecule has 0 heterocycles. The van der Waals surface area contributed by atoms with Gasteiger partial charge in [0.25, 0.3) is 0 Å². The fourth-order valence-corrected chi connectivity index (χ4v) is 2.30. The van der Waals surface area contributed by atoms with Crippen molar-refractivity contribution in [3.05, 3.63) is 34.9 Å². The van der Waals surface area contributed by atoms with E-state index in [4.69, 9.17) is 11.6 Å². The molecule has 14 heavy (non-hydrogen) atoms. The number of halogens is 1. The minimum Gasteiger partial charge on any atom is -0.393 e. The zero-order chi connectivity index (χ0) is 9.97. The summed E-state index contributed by atoms with van der Waals surface area (Å²) >= 11 is 5.81. The number of rotatable bonds is 2. The molecule has 1 saturated carbocycles. The van der Waals surface area contributed by atoms with E-state index in [0.717, 1.165) is 24.3 Å². The average Bonchev–Trinajstić information content (AvgIpc) is 2.56. The summed E-state index contributed by atoms with van der Waals surface area (Å²) in [4.78, 5) is 0. The molecule has 0 aromatic heterocycles. The molecule has 2 rings (SSSR count). The molecule has 0 amide bonds. The van der Waals surface area contributed by atoms with Crippen LogP contribution >= 0.6 is 11.6 Å². The Balaban J connectivity index is 2.00. The molecule has 76 valence electrons. The SMILES string of the molecule is O[C@@H]1CCC[C@H]1Cc1ccc(Cl)cc1. The normalized spacial score (nSPS) is 26.7. The van der Waals surface area contributed by atoms with Crippen LogP contribution < -0.4 is 0 Å². The third kappa shape index (κ3) is 2.28. The van der Waals surface area contributed by atoms with Crippen molar-refractivity contribution in [1.82, 2.24) is 0 Å². The molecule has 1 aliphatic carbocycles. The van der Waals surface area contributed by atoms with Crippen molar-refractivity contribution in [2.24, 2.45) is 5.92 Å². The Morgan fingerprint density at radius 2 is 1.93 bits per heavy atom. The third-order valence-corrected chi connectivity index (χ3v) is 3.28. The highest BCUT2D eigenvalue weighted by Gasteiger charge is 2.24. The van der Waals surface area contributed by atoms with E-state index >= 15 is 0 Å². The summed E-state index contributed by atoms with van der Waals surface area (Å²) in [7, 11) is 0. The molecule has 1 fully saturated rings. The van der Waals surface area contributed by atoms with Crippen molar-refractivity contribution in [1.29, 1.82) is 0 Å². The summed E-state index contributed by atoms with van der Waals surface area (Å²) in [5.41, 5.74) is 1.28. The zero-order valence-electron chi connectivity index (χ0n) is 8.12. The second-order valence-electron chi connectivity index (χ2n) is 4.09. The van der Waals surface area contributed by atoms with Gasteiger partial charge in [0.2, 0.25) is 0 Å². The van der Waals surface area contributed by atoms with E-state index in [1.807, 2.05) is 24.3 Å². The van der Waals surface area contributed by atoms with Gasteiger partial charge < -0.3 is 5.11 Å². The Labute approximate surface area is 89.7 Å². The quantitative estimate of drug-likeness (QED) is 0.796. The maximum Gasteiger partial charge on any atom is 0.0571 e. The van der Waals surface area contributed by atoms with Gasteiger partial charge in [0.05, 0.1) is 6.10 Å². The molecule has 2 heteroatoms. The van der Waals surface area contributed by atoms with Crippen molar-refractivity contribution in [3.8, 4) is 0 Å². The van der Waals surface area contributed by atoms with Gasteiger partial charge in [0.15, 0.2) is 0 Å². The van der Waals surface area contributed by atoms with Gasteiger partial charge in [0, 0.05) is 5.02 Å². The van der Waals surface area contributed by atoms with Crippen LogP contribution in [0.4, 0.5) is 0 Å². The standard InChI is InChI=1S/C12H15ClO/c13-11-6-4-9(5-7-11)8-10-2-1-3-12(10)14/h4-7,10,12,14H,1-3,8H2/t10-,12+/m0/s1. The smallest absolute Gasteiger partial charge is 0.0571 e. The molecule has 0 aliphatic heterocycles. The summed E-state index contributed by atoms with van der Waals surface area (Å²) in [6.07, 6.45) is 4.19. The van der Waals surface area contributed by atoms with E-state index in [9.17, 15) is 5.11 Å². The first-order valence-corrected chi connectivity index (χ1v) is 5.56. The van der Waals surface area contributed by atoms with Crippen LogP contribution in [0.15, 0.2) is 24.3 Å². The first kappa shape index (κ1) is 10.0. The molecular formula is C12H15ClO. The maximum absolute atomic E-state index is 9.68. The van der Waals surface area contributed by atoms with E-state index in [1.54, 1.807) is 0 Å². The van der Waals surface area contributed by atoms with Crippen LogP contribution in [0, 0.1) is 5.92 Å². The molecule has 0 bridgehead atoms. The summed E-state index contributed by atoms with van der Waals surface area (Å²) in [5, 5.41) is 10.5. The maximum atomic E-state index is 9.68. The molecule has 0 spiro atoms. The topological polar surface area (TPSA) is 20.2 Å². The van der Waals surface area contributed by atoms with Crippen molar-refractivity contribution >= 4 is 11.6 Å². The molecule has 1 N–H and O–H groups in total. The fraction of sp³-hybridized carbons (Fsp3) is 0.500. The minimum absolute atomic E-state index is 0.0920. The van der Waals surface area contributed by atoms with E-state index in [0.29, 0.717) is 5.92 Å². The van der Waals surface area contributed by atoms with E-state index in [2.05, 4.69) is 0 Å². The molecule has 0 radical (unpaired) electrons. The Morgan fingerprint density at radius 3 is 2.50 bits per heavy atom. The first-order valence-electron chi connectivity index (χ1n) is 5.18. The molecule has 1 aromatic carbocycles. The third-order valence-electron chi connectivity index (χ3n) is 3.03. The molecule has 0 unspecified atom stereocenters. The van der Waals surface area contributed by atoms with Gasteiger partial charge in [-0.3, -0.25) is 0 Å². The van der Waals surface area contributed by atoms with Crippen LogP contribution in [0.5, 0.6) is 0 Å². The Bertz CT molecular complexity index is 294. The molecular weight excluding hydrogens is 196 g/mol. The summed E-state index contributed by atoms with van der Waals surface area (Å²) in [6, 6.07) is 7.93. The van der Waals surface area contributed by atoms with Gasteiger partial charge in [-0.1, -0.05) is 30.2 Å². The van der Waals surface area contributed by atoms with Crippen molar-refractivity contribution in [3.63, 3.8) is 0 Å². The molecule has 1 aromatic rings. The lowest BCUT2D eigenvalue weighted by atomic mass is 9.96. The Kier molecular flexibility index (Phi) is 3.09. The molecule has 1 aliphatic rings. The van der Waals surface area contributed by atoms with Crippen molar-refractivity contribution in [2.75, 3.05) is 0 Å². The summed E-state index contributed by atoms with van der Waals surface area (Å²) in [6.45, 7) is 0. The van der Waals surface area contributed by atoms with Crippen LogP contribution in [0.3, 0.4) is 0 Å². The van der Waals surface area contributed by atoms with Crippen LogP contribution in [0.25, 0.3) is 0 Å². The number of hydrogen-bond acceptors (Lipinski definition) is 1. The molecule has 0 saturated heterocycles. The Hall–Kier alpha value is -0.530. The first-order chi connectivity index (χ1) is 6.75. The lowest BCUT2D eigenvalue weighted by Crippen LogP contribution is -2.15. The molecule has 2 atom stereocenters. The zero-order valence-corrected chi connectivity index (χ0v) is 8.87. The number of benzene rings is 1. The van der Waals surface area contributed by atoms with Crippen LogP contribution in [0.2, 0.25) is 5.02 Å². The Morgan fingerprint density at radius 1 is 1.21 bits per heavy atom. The highest BCUT2D eigenvalue weighted by molar-refractivity contribution is 6.30. The van der Waals surface area contributed by atoms with Gasteiger partial charge in [-0.15, -0.1) is 0 Å². The largest absolute Gasteiger partial charge is 0.393 e. The fourth-order valence-electron chi connectivity index (χ4n) is 2.18. The van der Waals surface area contributed by atoms with Gasteiger partial charge in [0.1, 0.15) is 0 Å². The highest BCUT2D eigenvalue weighted by atomic mass is 35.5. The second-order valence-corrected chi connectivity index (χ2v) is 4.53. The highest BCUT2D eigenvalue weighted by Crippen LogP contribution is 2.28. The van der Waals surface area contributed by atoms with Gasteiger partial charge in [-0.2, -0.15) is 0 Å². The summed E-state index contributed by atoms with van der Waals surface area (Å²) < 4.78 is 0. The lowest BCUT2D eigenvalue weighted by Gasteiger charge is -2.13. The van der Waals surface area contributed by atoms with Crippen LogP contribution in [0.1, 0.15) is 24.8 Å². The van der Waals surface area contributed by atoms with E-state index in [1.165, 1.54) is 12.0 Å². The van der Waals surface area contributed by atoms with Gasteiger partial charge in [-0.25, -0.2) is 0 Å². The van der Waals surface area contributed by atoms with Crippen molar-refractivity contribution in [2.45, 2.75) is 31.8 Å². The average molecular weight is 211 g/mol. The number of aliphatic hydroxyl groups excluding tert-OH is 1. The summed E-state index contributed by atoms with van der Waals surface area (Å²) in [5.74, 6) is 0.455.